The van der Waals surface area contributed by atoms with Crippen molar-refractivity contribution in [2.24, 2.45) is 22.1 Å². The molecule has 1 spiro atoms. The molecule has 2 N–H and O–H groups in total. The molecule has 7 rings (SSSR count). The number of hydrogen-bond acceptors (Lipinski definition) is 6. The highest BCUT2D eigenvalue weighted by molar-refractivity contribution is 7.92. The van der Waals surface area contributed by atoms with Crippen molar-refractivity contribution in [1.29, 1.82) is 0 Å². The van der Waals surface area contributed by atoms with Gasteiger partial charge in [0.25, 0.3) is 5.91 Å². The van der Waals surface area contributed by atoms with E-state index in [4.69, 9.17) is 9.47 Å². The molecule has 3 aliphatic carbocycles. The molecule has 2 aromatic rings. The van der Waals surface area contributed by atoms with Crippen molar-refractivity contribution < 1.29 is 23.3 Å². The quantitative estimate of drug-likeness (QED) is 0.386. The lowest BCUT2D eigenvalue weighted by atomic mass is 9.68. The number of carbonyl (C=O) groups is 2. The Kier molecular flexibility index (Phi) is 8.85. The minimum absolute atomic E-state index is 0.0201. The normalized spacial score (nSPS) is 32.8. The summed E-state index contributed by atoms with van der Waals surface area (Å²) < 4.78 is 33.8. The van der Waals surface area contributed by atoms with Crippen LogP contribution < -0.4 is 19.7 Å². The number of urea groups is 1. The van der Waals surface area contributed by atoms with Crippen LogP contribution in [0.25, 0.3) is 0 Å². The van der Waals surface area contributed by atoms with Crippen molar-refractivity contribution in [2.75, 3.05) is 37.5 Å². The number of fused-ring (bicyclic) bond motifs is 4. The molecule has 1 unspecified atom stereocenters. The van der Waals surface area contributed by atoms with Gasteiger partial charge in [-0.3, -0.25) is 9.52 Å². The molecule has 2 saturated carbocycles. The monoisotopic (exact) mass is 660 g/mol. The molecular formula is C37H48N4O5S. The van der Waals surface area contributed by atoms with E-state index in [-0.39, 0.29) is 29.2 Å². The van der Waals surface area contributed by atoms with Crippen molar-refractivity contribution in [2.45, 2.75) is 82.8 Å². The van der Waals surface area contributed by atoms with Gasteiger partial charge in [0.05, 0.1) is 24.2 Å². The molecular weight excluding hydrogens is 612 g/mol. The van der Waals surface area contributed by atoms with Crippen LogP contribution in [0.1, 0.15) is 78.9 Å². The van der Waals surface area contributed by atoms with Gasteiger partial charge in [-0.05, 0) is 105 Å². The Labute approximate surface area is 279 Å². The van der Waals surface area contributed by atoms with Gasteiger partial charge < -0.3 is 19.7 Å². The highest BCUT2D eigenvalue weighted by Crippen LogP contribution is 2.47. The van der Waals surface area contributed by atoms with Crippen LogP contribution in [0.5, 0.6) is 5.75 Å². The van der Waals surface area contributed by atoms with Crippen LogP contribution in [0.15, 0.2) is 52.9 Å². The topological polar surface area (TPSA) is 109 Å². The number of methoxy groups -OCH3 is 1. The molecule has 252 valence electrons. The van der Waals surface area contributed by atoms with E-state index in [0.717, 1.165) is 69.5 Å². The third-order valence-electron chi connectivity index (χ3n) is 10.9. The number of carbonyl (C=O) groups excluding carboxylic acids is 2. The van der Waals surface area contributed by atoms with Crippen molar-refractivity contribution in [3.8, 4) is 5.75 Å². The molecule has 2 aliphatic heterocycles. The zero-order valence-corrected chi connectivity index (χ0v) is 28.7. The van der Waals surface area contributed by atoms with Gasteiger partial charge >= 0.3 is 6.03 Å². The lowest BCUT2D eigenvalue weighted by Gasteiger charge is -2.46. The fraction of sp³-hybridized carbons (Fsp3) is 0.568. The molecule has 2 bridgehead atoms. The van der Waals surface area contributed by atoms with E-state index in [1.54, 1.807) is 13.2 Å². The summed E-state index contributed by atoms with van der Waals surface area (Å²) >= 11 is 0. The average Bonchev–Trinajstić information content (AvgIpc) is 3.85. The maximum atomic E-state index is 14.2. The smallest absolute Gasteiger partial charge is 0.327 e. The van der Waals surface area contributed by atoms with Crippen LogP contribution >= 0.6 is 0 Å². The molecule has 9 nitrogen and oxygen atoms in total. The van der Waals surface area contributed by atoms with E-state index in [0.29, 0.717) is 30.4 Å². The summed E-state index contributed by atoms with van der Waals surface area (Å²) in [6.45, 7) is 6.29. The molecule has 2 heterocycles. The summed E-state index contributed by atoms with van der Waals surface area (Å²) in [6.07, 6.45) is 12.1. The number of anilines is 1. The first-order valence-electron chi connectivity index (χ1n) is 17.3. The fourth-order valence-corrected chi connectivity index (χ4v) is 9.95. The minimum atomic E-state index is -3.41. The fourth-order valence-electron chi connectivity index (χ4n) is 8.11. The summed E-state index contributed by atoms with van der Waals surface area (Å²) in [5, 5.41) is 2.83. The lowest BCUT2D eigenvalue weighted by molar-refractivity contribution is 0.0131. The Hall–Kier alpha value is -3.37. The first-order chi connectivity index (χ1) is 22.6. The second kappa shape index (κ2) is 12.9. The third kappa shape index (κ3) is 6.81. The van der Waals surface area contributed by atoms with Crippen LogP contribution in [-0.4, -0.2) is 60.9 Å². The number of rotatable bonds is 3. The second-order valence-electron chi connectivity index (χ2n) is 14.7. The van der Waals surface area contributed by atoms with Gasteiger partial charge in [0, 0.05) is 37.2 Å². The van der Waals surface area contributed by atoms with Crippen LogP contribution in [0.2, 0.25) is 0 Å². The van der Waals surface area contributed by atoms with Gasteiger partial charge in [-0.25, -0.2) is 9.00 Å². The van der Waals surface area contributed by atoms with Gasteiger partial charge in [0.2, 0.25) is 0 Å². The number of allylic oxidation sites excluding steroid dienone is 1. The maximum Gasteiger partial charge on any atom is 0.327 e. The Morgan fingerprint density at radius 3 is 2.77 bits per heavy atom. The minimum Gasteiger partial charge on any atom is -0.490 e. The van der Waals surface area contributed by atoms with Crippen molar-refractivity contribution >= 4 is 27.5 Å². The number of amides is 3. The van der Waals surface area contributed by atoms with E-state index in [9.17, 15) is 13.8 Å². The highest BCUT2D eigenvalue weighted by atomic mass is 32.2. The number of ether oxygens (including phenoxy) is 2. The second-order valence-corrected chi connectivity index (χ2v) is 16.7. The van der Waals surface area contributed by atoms with Gasteiger partial charge in [-0.1, -0.05) is 42.8 Å². The van der Waals surface area contributed by atoms with E-state index in [1.165, 1.54) is 16.7 Å². The average molecular weight is 661 g/mol. The largest absolute Gasteiger partial charge is 0.490 e. The standard InChI is InChI=1S/C37H48N4O5S/c1-24-9-15-31-26(18-24)7-5-17-37(31)22-41-20-28-10-14-30(28)33(45-3)8-4-6-25(2)21-47(44,40-36(43)38-29-12-13-29)39-35(42)27-11-16-34(46-23-37)32(41)19-27/h4,8-9,11,15-16,18-19,25,28-30,33H,5-7,10,12-14,17,20-23H2,1-3H3,(H2,38,39,40,42,43,44)/b8-4+/t25-,28-,30+,33-,37-,47?/m0/s1. The highest BCUT2D eigenvalue weighted by Gasteiger charge is 2.44. The predicted molar refractivity (Wildman–Crippen MR) is 184 cm³/mol. The number of benzene rings is 2. The van der Waals surface area contributed by atoms with E-state index >= 15 is 0 Å². The SMILES string of the molecule is CO[C@H]1/C=C/C[C@H](C)CS(=O)(NC(=O)NC2CC2)=NC(=O)c2ccc3c(c2)N(C[C@@H]2CC[C@H]21)C[C@@]1(CCCc2cc(C)ccc21)CO3. The van der Waals surface area contributed by atoms with E-state index in [1.807, 2.05) is 19.1 Å². The molecule has 10 heteroatoms. The Balaban J connectivity index is 1.29. The Bertz CT molecular complexity index is 1700. The Morgan fingerprint density at radius 2 is 2.00 bits per heavy atom. The van der Waals surface area contributed by atoms with Crippen LogP contribution in [0, 0.1) is 24.7 Å². The first-order valence-corrected chi connectivity index (χ1v) is 19.0. The number of nitrogens with zero attached hydrogens (tertiary/aromatic N) is 2. The predicted octanol–water partition coefficient (Wildman–Crippen LogP) is 6.09. The number of aryl methyl sites for hydroxylation is 2. The van der Waals surface area contributed by atoms with Crippen molar-refractivity contribution in [3.05, 3.63) is 70.8 Å². The van der Waals surface area contributed by atoms with Gasteiger partial charge in [-0.15, -0.1) is 4.36 Å². The first kappa shape index (κ1) is 32.2. The number of hydrogen-bond donors (Lipinski definition) is 2. The van der Waals surface area contributed by atoms with Gasteiger partial charge in [0.1, 0.15) is 15.7 Å². The molecule has 2 aromatic carbocycles. The molecule has 6 atom stereocenters. The maximum absolute atomic E-state index is 14.2. The molecule has 0 aromatic heterocycles. The van der Waals surface area contributed by atoms with Crippen molar-refractivity contribution in [1.82, 2.24) is 10.0 Å². The molecule has 47 heavy (non-hydrogen) atoms. The van der Waals surface area contributed by atoms with Crippen LogP contribution in [0.4, 0.5) is 10.5 Å². The Morgan fingerprint density at radius 1 is 1.15 bits per heavy atom. The zero-order chi connectivity index (χ0) is 32.8. The molecule has 5 aliphatic rings. The van der Waals surface area contributed by atoms with Crippen LogP contribution in [0.3, 0.4) is 0 Å². The van der Waals surface area contributed by atoms with Gasteiger partial charge in [-0.2, -0.15) is 0 Å². The van der Waals surface area contributed by atoms with Crippen molar-refractivity contribution in [3.63, 3.8) is 0 Å². The molecule has 0 radical (unpaired) electrons. The molecule has 3 amide bonds. The lowest BCUT2D eigenvalue weighted by Crippen LogP contribution is -2.49. The summed E-state index contributed by atoms with van der Waals surface area (Å²) in [4.78, 5) is 29.0. The molecule has 0 saturated heterocycles. The number of nitrogens with one attached hydrogen (secondary N) is 2. The van der Waals surface area contributed by atoms with E-state index < -0.39 is 21.9 Å². The van der Waals surface area contributed by atoms with Gasteiger partial charge in [0.15, 0.2) is 0 Å². The summed E-state index contributed by atoms with van der Waals surface area (Å²) in [6, 6.07) is 11.8. The summed E-state index contributed by atoms with van der Waals surface area (Å²) in [5.74, 6) is 0.921. The zero-order valence-electron chi connectivity index (χ0n) is 27.8. The van der Waals surface area contributed by atoms with Crippen LogP contribution in [-0.2, 0) is 26.5 Å². The van der Waals surface area contributed by atoms with E-state index in [2.05, 4.69) is 56.6 Å². The third-order valence-corrected chi connectivity index (χ3v) is 12.9. The summed E-state index contributed by atoms with van der Waals surface area (Å²) in [5.41, 5.74) is 5.07. The molecule has 2 fully saturated rings. The summed E-state index contributed by atoms with van der Waals surface area (Å²) in [7, 11) is -1.63.